The normalized spacial score (nSPS) is 24.3. The topological polar surface area (TPSA) is 15.3 Å². The molecule has 2 unspecified atom stereocenters. The minimum absolute atomic E-state index is 0.0934. The fourth-order valence-electron chi connectivity index (χ4n) is 2.86. The van der Waals surface area contributed by atoms with Crippen molar-refractivity contribution in [2.75, 3.05) is 18.5 Å². The largest absolute Gasteiger partial charge is 0.366 e. The highest BCUT2D eigenvalue weighted by atomic mass is 19.1. The third kappa shape index (κ3) is 2.83. The van der Waals surface area contributed by atoms with Gasteiger partial charge in [0.05, 0.1) is 5.69 Å². The Hall–Kier alpha value is -1.09. The number of nitrogens with zero attached hydrogens (tertiary/aromatic N) is 1. The Labute approximate surface area is 109 Å². The third-order valence-electron chi connectivity index (χ3n) is 3.84. The average Bonchev–Trinajstić information content (AvgIpc) is 2.31. The van der Waals surface area contributed by atoms with Gasteiger partial charge in [-0.2, -0.15) is 0 Å². The van der Waals surface area contributed by atoms with Crippen LogP contribution in [0.15, 0.2) is 18.2 Å². The second-order valence-corrected chi connectivity index (χ2v) is 5.49. The maximum atomic E-state index is 14.2. The molecule has 1 aromatic carbocycles. The summed E-state index contributed by atoms with van der Waals surface area (Å²) < 4.78 is 14.2. The van der Waals surface area contributed by atoms with Gasteiger partial charge in [0.1, 0.15) is 5.82 Å². The van der Waals surface area contributed by atoms with Crippen LogP contribution < -0.4 is 10.2 Å². The molecule has 2 nitrogen and oxygen atoms in total. The molecule has 0 radical (unpaired) electrons. The first-order valence-electron chi connectivity index (χ1n) is 6.81. The molecule has 0 spiro atoms. The maximum Gasteiger partial charge on any atom is 0.146 e. The van der Waals surface area contributed by atoms with Gasteiger partial charge in [0.2, 0.25) is 0 Å². The predicted octanol–water partition coefficient (Wildman–Crippen LogP) is 3.17. The van der Waals surface area contributed by atoms with Crippen molar-refractivity contribution in [1.29, 1.82) is 0 Å². The number of nitrogens with one attached hydrogen (secondary N) is 1. The molecule has 1 aliphatic heterocycles. The highest BCUT2D eigenvalue weighted by Crippen LogP contribution is 2.29. The second-order valence-electron chi connectivity index (χ2n) is 5.49. The number of anilines is 1. The molecule has 1 N–H and O–H groups in total. The first-order valence-corrected chi connectivity index (χ1v) is 6.81. The van der Waals surface area contributed by atoms with Crippen LogP contribution in [0.3, 0.4) is 0 Å². The Morgan fingerprint density at radius 1 is 1.39 bits per heavy atom. The molecule has 1 saturated heterocycles. The van der Waals surface area contributed by atoms with E-state index >= 15 is 0 Å². The van der Waals surface area contributed by atoms with Crippen LogP contribution in [-0.4, -0.2) is 19.6 Å². The standard InChI is InChI=1S/C15H23FN2/c1-11-6-7-18(12(2)8-11)15-5-4-13(10-17-3)9-14(15)16/h4-5,9,11-12,17H,6-8,10H2,1-3H3. The maximum absolute atomic E-state index is 14.2. The molecule has 2 atom stereocenters. The lowest BCUT2D eigenvalue weighted by molar-refractivity contribution is 0.374. The van der Waals surface area contributed by atoms with Gasteiger partial charge in [0.15, 0.2) is 0 Å². The number of piperidine rings is 1. The van der Waals surface area contributed by atoms with Gasteiger partial charge in [-0.15, -0.1) is 0 Å². The zero-order valence-corrected chi connectivity index (χ0v) is 11.5. The van der Waals surface area contributed by atoms with Crippen molar-refractivity contribution in [1.82, 2.24) is 5.32 Å². The zero-order chi connectivity index (χ0) is 13.1. The monoisotopic (exact) mass is 250 g/mol. The number of benzene rings is 1. The highest BCUT2D eigenvalue weighted by molar-refractivity contribution is 5.50. The molecular formula is C15H23FN2. The molecule has 1 heterocycles. The fourth-order valence-corrected chi connectivity index (χ4v) is 2.86. The van der Waals surface area contributed by atoms with Crippen molar-refractivity contribution < 1.29 is 4.39 Å². The van der Waals surface area contributed by atoms with Gasteiger partial charge in [-0.1, -0.05) is 13.0 Å². The van der Waals surface area contributed by atoms with E-state index in [2.05, 4.69) is 24.1 Å². The third-order valence-corrected chi connectivity index (χ3v) is 3.84. The van der Waals surface area contributed by atoms with Crippen molar-refractivity contribution >= 4 is 5.69 Å². The van der Waals surface area contributed by atoms with E-state index in [4.69, 9.17) is 0 Å². The van der Waals surface area contributed by atoms with Crippen LogP contribution >= 0.6 is 0 Å². The number of hydrogen-bond donors (Lipinski definition) is 1. The first kappa shape index (κ1) is 13.3. The van der Waals surface area contributed by atoms with E-state index in [0.29, 0.717) is 12.6 Å². The summed E-state index contributed by atoms with van der Waals surface area (Å²) in [6, 6.07) is 6.02. The Morgan fingerprint density at radius 3 is 2.78 bits per heavy atom. The number of rotatable bonds is 3. The summed E-state index contributed by atoms with van der Waals surface area (Å²) in [4.78, 5) is 2.21. The van der Waals surface area contributed by atoms with Gasteiger partial charge in [0, 0.05) is 19.1 Å². The molecule has 0 amide bonds. The van der Waals surface area contributed by atoms with Gasteiger partial charge in [-0.3, -0.25) is 0 Å². The number of halogens is 1. The highest BCUT2D eigenvalue weighted by Gasteiger charge is 2.24. The molecule has 1 fully saturated rings. The summed E-state index contributed by atoms with van der Waals surface area (Å²) in [5.74, 6) is 0.659. The lowest BCUT2D eigenvalue weighted by Gasteiger charge is -2.38. The van der Waals surface area contributed by atoms with E-state index in [1.807, 2.05) is 19.2 Å². The van der Waals surface area contributed by atoms with Gasteiger partial charge >= 0.3 is 0 Å². The van der Waals surface area contributed by atoms with Gasteiger partial charge in [-0.05, 0) is 50.4 Å². The fraction of sp³-hybridized carbons (Fsp3) is 0.600. The van der Waals surface area contributed by atoms with Crippen LogP contribution in [0.2, 0.25) is 0 Å². The average molecular weight is 250 g/mol. The molecule has 0 aromatic heterocycles. The zero-order valence-electron chi connectivity index (χ0n) is 11.5. The van der Waals surface area contributed by atoms with Crippen LogP contribution in [0.5, 0.6) is 0 Å². The van der Waals surface area contributed by atoms with Crippen LogP contribution in [0, 0.1) is 11.7 Å². The second kappa shape index (κ2) is 5.70. The summed E-state index contributed by atoms with van der Waals surface area (Å²) in [7, 11) is 1.87. The Morgan fingerprint density at radius 2 is 2.17 bits per heavy atom. The van der Waals surface area contributed by atoms with Gasteiger partial charge < -0.3 is 10.2 Å². The summed E-state index contributed by atoms with van der Waals surface area (Å²) >= 11 is 0. The molecule has 1 aromatic rings. The Kier molecular flexibility index (Phi) is 4.23. The van der Waals surface area contributed by atoms with Crippen LogP contribution in [0.4, 0.5) is 10.1 Å². The number of hydrogen-bond acceptors (Lipinski definition) is 2. The lowest BCUT2D eigenvalue weighted by atomic mass is 9.93. The lowest BCUT2D eigenvalue weighted by Crippen LogP contribution is -2.40. The molecular weight excluding hydrogens is 227 g/mol. The summed E-state index contributed by atoms with van der Waals surface area (Å²) in [6.45, 7) is 6.14. The van der Waals surface area contributed by atoms with E-state index in [0.717, 1.165) is 36.6 Å². The molecule has 0 saturated carbocycles. The van der Waals surface area contributed by atoms with Gasteiger partial charge in [0.25, 0.3) is 0 Å². The Bertz CT molecular complexity index is 405. The summed E-state index contributed by atoms with van der Waals surface area (Å²) in [5.41, 5.74) is 1.76. The van der Waals surface area contributed by atoms with Crippen LogP contribution in [0.1, 0.15) is 32.3 Å². The first-order chi connectivity index (χ1) is 8.61. The minimum atomic E-state index is -0.0934. The van der Waals surface area contributed by atoms with Crippen LogP contribution in [-0.2, 0) is 6.54 Å². The van der Waals surface area contributed by atoms with Crippen molar-refractivity contribution in [2.24, 2.45) is 5.92 Å². The molecule has 0 bridgehead atoms. The van der Waals surface area contributed by atoms with Crippen molar-refractivity contribution in [3.05, 3.63) is 29.6 Å². The quantitative estimate of drug-likeness (QED) is 0.886. The molecule has 2 rings (SSSR count). The van der Waals surface area contributed by atoms with Crippen molar-refractivity contribution in [3.63, 3.8) is 0 Å². The van der Waals surface area contributed by atoms with E-state index in [1.54, 1.807) is 6.07 Å². The minimum Gasteiger partial charge on any atom is -0.366 e. The van der Waals surface area contributed by atoms with Crippen molar-refractivity contribution in [3.8, 4) is 0 Å². The van der Waals surface area contributed by atoms with Crippen molar-refractivity contribution in [2.45, 2.75) is 39.3 Å². The van der Waals surface area contributed by atoms with Crippen LogP contribution in [0.25, 0.3) is 0 Å². The molecule has 100 valence electrons. The molecule has 0 aliphatic carbocycles. The van der Waals surface area contributed by atoms with E-state index in [1.165, 1.54) is 0 Å². The van der Waals surface area contributed by atoms with E-state index < -0.39 is 0 Å². The smallest absolute Gasteiger partial charge is 0.146 e. The SMILES string of the molecule is CNCc1ccc(N2CCC(C)CC2C)c(F)c1. The Balaban J connectivity index is 2.17. The predicted molar refractivity (Wildman–Crippen MR) is 74.4 cm³/mol. The summed E-state index contributed by atoms with van der Waals surface area (Å²) in [5, 5.41) is 3.04. The molecule has 18 heavy (non-hydrogen) atoms. The molecule has 3 heteroatoms. The van der Waals surface area contributed by atoms with E-state index in [9.17, 15) is 4.39 Å². The summed E-state index contributed by atoms with van der Waals surface area (Å²) in [6.07, 6.45) is 2.31. The van der Waals surface area contributed by atoms with Gasteiger partial charge in [-0.25, -0.2) is 4.39 Å². The van der Waals surface area contributed by atoms with E-state index in [-0.39, 0.29) is 5.82 Å². The molecule has 1 aliphatic rings.